The molecule has 0 saturated heterocycles. The third-order valence-corrected chi connectivity index (χ3v) is 4.90. The van der Waals surface area contributed by atoms with Crippen molar-refractivity contribution in [2.24, 2.45) is 0 Å². The molecule has 0 unspecified atom stereocenters. The second-order valence-electron chi connectivity index (χ2n) is 6.62. The normalized spacial score (nSPS) is 11.9. The minimum atomic E-state index is -0.133. The van der Waals surface area contributed by atoms with Crippen molar-refractivity contribution in [2.45, 2.75) is 33.2 Å². The lowest BCUT2D eigenvalue weighted by Gasteiger charge is -2.24. The van der Waals surface area contributed by atoms with Gasteiger partial charge in [-0.3, -0.25) is 9.78 Å². The maximum absolute atomic E-state index is 12.8. The lowest BCUT2D eigenvalue weighted by Crippen LogP contribution is -2.30. The summed E-state index contributed by atoms with van der Waals surface area (Å²) in [6, 6.07) is 13.4. The molecule has 0 N–H and O–H groups in total. The number of benzene rings is 1. The molecule has 5 nitrogen and oxygen atoms in total. The summed E-state index contributed by atoms with van der Waals surface area (Å²) in [6.07, 6.45) is 4.09. The standard InChI is InChI=1S/C22H24N4O/c1-5-19-15(2)6-11-21(25-19)17-7-9-18(10-8-17)22(27)26(4)16(3)20-12-13-23-14-24-20/h6-14,16H,5H2,1-4H3/t16-/m1/s1. The highest BCUT2D eigenvalue weighted by atomic mass is 16.2. The second kappa shape index (κ2) is 8.08. The van der Waals surface area contributed by atoms with E-state index >= 15 is 0 Å². The highest BCUT2D eigenvalue weighted by molar-refractivity contribution is 5.94. The number of hydrogen-bond donors (Lipinski definition) is 0. The van der Waals surface area contributed by atoms with Gasteiger partial charge in [-0.05, 0) is 50.1 Å². The molecular formula is C22H24N4O. The van der Waals surface area contributed by atoms with Crippen LogP contribution >= 0.6 is 0 Å². The molecule has 5 heteroatoms. The molecule has 0 spiro atoms. The summed E-state index contributed by atoms with van der Waals surface area (Å²) < 4.78 is 0. The van der Waals surface area contributed by atoms with Crippen molar-refractivity contribution in [3.63, 3.8) is 0 Å². The Kier molecular flexibility index (Phi) is 5.60. The largest absolute Gasteiger partial charge is 0.333 e. The van der Waals surface area contributed by atoms with Gasteiger partial charge in [0.2, 0.25) is 0 Å². The van der Waals surface area contributed by atoms with Gasteiger partial charge in [-0.15, -0.1) is 0 Å². The van der Waals surface area contributed by atoms with Crippen LogP contribution < -0.4 is 0 Å². The number of hydrogen-bond acceptors (Lipinski definition) is 4. The SMILES string of the molecule is CCc1nc(-c2ccc(C(=O)N(C)[C@H](C)c3ccncn3)cc2)ccc1C. The predicted octanol–water partition coefficient (Wildman–Crippen LogP) is 4.24. The molecule has 3 aromatic rings. The van der Waals surface area contributed by atoms with Crippen LogP contribution in [0.5, 0.6) is 0 Å². The summed E-state index contributed by atoms with van der Waals surface area (Å²) in [5, 5.41) is 0. The van der Waals surface area contributed by atoms with Crippen LogP contribution in [0, 0.1) is 6.92 Å². The Morgan fingerprint density at radius 1 is 1.11 bits per heavy atom. The maximum Gasteiger partial charge on any atom is 0.254 e. The van der Waals surface area contributed by atoms with E-state index in [0.717, 1.165) is 29.1 Å². The Labute approximate surface area is 160 Å². The Bertz CT molecular complexity index is 923. The molecule has 27 heavy (non-hydrogen) atoms. The molecule has 2 heterocycles. The molecule has 0 saturated carbocycles. The predicted molar refractivity (Wildman–Crippen MR) is 106 cm³/mol. The Balaban J connectivity index is 1.79. The monoisotopic (exact) mass is 360 g/mol. The van der Waals surface area contributed by atoms with Crippen LogP contribution in [0.2, 0.25) is 0 Å². The van der Waals surface area contributed by atoms with E-state index in [9.17, 15) is 4.79 Å². The topological polar surface area (TPSA) is 59.0 Å². The molecule has 2 aromatic heterocycles. The van der Waals surface area contributed by atoms with Gasteiger partial charge in [0.15, 0.2) is 0 Å². The van der Waals surface area contributed by atoms with E-state index in [0.29, 0.717) is 5.56 Å². The Morgan fingerprint density at radius 3 is 2.48 bits per heavy atom. The average molecular weight is 360 g/mol. The molecule has 0 aliphatic heterocycles. The smallest absolute Gasteiger partial charge is 0.254 e. The summed E-state index contributed by atoms with van der Waals surface area (Å²) in [5.41, 5.74) is 5.70. The van der Waals surface area contributed by atoms with Crippen molar-refractivity contribution in [3.8, 4) is 11.3 Å². The number of nitrogens with zero attached hydrogens (tertiary/aromatic N) is 4. The molecule has 1 atom stereocenters. The van der Waals surface area contributed by atoms with Crippen LogP contribution in [0.4, 0.5) is 0 Å². The number of carbonyl (C=O) groups is 1. The van der Waals surface area contributed by atoms with Gasteiger partial charge >= 0.3 is 0 Å². The third kappa shape index (κ3) is 4.03. The second-order valence-corrected chi connectivity index (χ2v) is 6.62. The highest BCUT2D eigenvalue weighted by Crippen LogP contribution is 2.22. The number of aromatic nitrogens is 3. The molecule has 0 radical (unpaired) electrons. The fourth-order valence-electron chi connectivity index (χ4n) is 3.00. The first kappa shape index (κ1) is 18.7. The summed E-state index contributed by atoms with van der Waals surface area (Å²) in [5.74, 6) is -0.0428. The summed E-state index contributed by atoms with van der Waals surface area (Å²) in [6.45, 7) is 6.14. The first-order chi connectivity index (χ1) is 13.0. The van der Waals surface area contributed by atoms with Gasteiger partial charge in [0.25, 0.3) is 5.91 Å². The highest BCUT2D eigenvalue weighted by Gasteiger charge is 2.19. The van der Waals surface area contributed by atoms with Crippen LogP contribution in [-0.4, -0.2) is 32.8 Å². The summed E-state index contributed by atoms with van der Waals surface area (Å²) >= 11 is 0. The minimum Gasteiger partial charge on any atom is -0.333 e. The number of aryl methyl sites for hydroxylation is 2. The molecule has 0 aliphatic rings. The van der Waals surface area contributed by atoms with E-state index in [1.54, 1.807) is 18.1 Å². The van der Waals surface area contributed by atoms with Crippen LogP contribution in [0.15, 0.2) is 55.0 Å². The van der Waals surface area contributed by atoms with Crippen molar-refractivity contribution < 1.29 is 4.79 Å². The average Bonchev–Trinajstić information content (AvgIpc) is 2.73. The van der Waals surface area contributed by atoms with Gasteiger partial charge in [-0.2, -0.15) is 0 Å². The lowest BCUT2D eigenvalue weighted by atomic mass is 10.0. The van der Waals surface area contributed by atoms with Crippen molar-refractivity contribution in [1.29, 1.82) is 0 Å². The van der Waals surface area contributed by atoms with Crippen LogP contribution in [0.1, 0.15) is 47.2 Å². The van der Waals surface area contributed by atoms with Crippen LogP contribution in [0.3, 0.4) is 0 Å². The van der Waals surface area contributed by atoms with Crippen LogP contribution in [0.25, 0.3) is 11.3 Å². The summed E-state index contributed by atoms with van der Waals surface area (Å²) in [7, 11) is 1.79. The number of rotatable bonds is 5. The molecule has 0 aliphatic carbocycles. The Morgan fingerprint density at radius 2 is 1.85 bits per heavy atom. The maximum atomic E-state index is 12.8. The number of amides is 1. The minimum absolute atomic E-state index is 0.0428. The zero-order valence-corrected chi connectivity index (χ0v) is 16.2. The molecule has 138 valence electrons. The molecule has 0 bridgehead atoms. The van der Waals surface area contributed by atoms with E-state index in [-0.39, 0.29) is 11.9 Å². The first-order valence-corrected chi connectivity index (χ1v) is 9.11. The van der Waals surface area contributed by atoms with Gasteiger partial charge in [0, 0.05) is 30.1 Å². The molecule has 1 amide bonds. The third-order valence-electron chi connectivity index (χ3n) is 4.90. The summed E-state index contributed by atoms with van der Waals surface area (Å²) in [4.78, 5) is 27.4. The quantitative estimate of drug-likeness (QED) is 0.683. The molecular weight excluding hydrogens is 336 g/mol. The van der Waals surface area contributed by atoms with E-state index < -0.39 is 0 Å². The van der Waals surface area contributed by atoms with E-state index in [1.807, 2.05) is 43.3 Å². The zero-order chi connectivity index (χ0) is 19.4. The van der Waals surface area contributed by atoms with Crippen molar-refractivity contribution in [2.75, 3.05) is 7.05 Å². The van der Waals surface area contributed by atoms with E-state index in [2.05, 4.69) is 29.9 Å². The van der Waals surface area contributed by atoms with E-state index in [4.69, 9.17) is 4.98 Å². The fourth-order valence-corrected chi connectivity index (χ4v) is 3.00. The van der Waals surface area contributed by atoms with Crippen molar-refractivity contribution in [3.05, 3.63) is 77.5 Å². The van der Waals surface area contributed by atoms with Crippen LogP contribution in [-0.2, 0) is 6.42 Å². The lowest BCUT2D eigenvalue weighted by molar-refractivity contribution is 0.0739. The molecule has 3 rings (SSSR count). The van der Waals surface area contributed by atoms with Crippen molar-refractivity contribution >= 4 is 5.91 Å². The first-order valence-electron chi connectivity index (χ1n) is 9.11. The van der Waals surface area contributed by atoms with Crippen molar-refractivity contribution in [1.82, 2.24) is 19.9 Å². The fraction of sp³-hybridized carbons (Fsp3) is 0.273. The van der Waals surface area contributed by atoms with Gasteiger partial charge < -0.3 is 4.90 Å². The van der Waals surface area contributed by atoms with Gasteiger partial charge in [0.05, 0.1) is 17.4 Å². The number of carbonyl (C=O) groups excluding carboxylic acids is 1. The molecule has 1 aromatic carbocycles. The zero-order valence-electron chi connectivity index (χ0n) is 16.2. The van der Waals surface area contributed by atoms with E-state index in [1.165, 1.54) is 11.9 Å². The number of pyridine rings is 1. The van der Waals surface area contributed by atoms with Gasteiger partial charge in [-0.1, -0.05) is 25.1 Å². The Hall–Kier alpha value is -3.08. The van der Waals surface area contributed by atoms with Gasteiger partial charge in [-0.25, -0.2) is 9.97 Å². The molecule has 0 fully saturated rings. The van der Waals surface area contributed by atoms with Gasteiger partial charge in [0.1, 0.15) is 6.33 Å².